The van der Waals surface area contributed by atoms with Crippen LogP contribution in [-0.4, -0.2) is 36.2 Å². The molecule has 1 aliphatic heterocycles. The number of anilines is 1. The van der Waals surface area contributed by atoms with Gasteiger partial charge in [0.15, 0.2) is 0 Å². The molecule has 0 amide bonds. The number of nitriles is 1. The predicted molar refractivity (Wildman–Crippen MR) is 81.9 cm³/mol. The van der Waals surface area contributed by atoms with E-state index in [1.165, 1.54) is 0 Å². The van der Waals surface area contributed by atoms with E-state index in [0.717, 1.165) is 5.69 Å². The number of ether oxygens (including phenoxy) is 1. The number of hydrogen-bond donors (Lipinski definition) is 2. The van der Waals surface area contributed by atoms with Crippen molar-refractivity contribution in [3.05, 3.63) is 41.7 Å². The summed E-state index contributed by atoms with van der Waals surface area (Å²) in [6, 6.07) is 11.6. The van der Waals surface area contributed by atoms with E-state index in [0.29, 0.717) is 42.7 Å². The van der Waals surface area contributed by atoms with Gasteiger partial charge in [-0.3, -0.25) is 0 Å². The first-order valence-electron chi connectivity index (χ1n) is 6.31. The van der Waals surface area contributed by atoms with Crippen LogP contribution < -0.4 is 11.1 Å². The van der Waals surface area contributed by atoms with E-state index in [1.807, 2.05) is 35.2 Å². The van der Waals surface area contributed by atoms with E-state index in [-0.39, 0.29) is 0 Å². The van der Waals surface area contributed by atoms with Gasteiger partial charge >= 0.3 is 0 Å². The highest BCUT2D eigenvalue weighted by molar-refractivity contribution is 7.81. The van der Waals surface area contributed by atoms with Gasteiger partial charge in [0.05, 0.1) is 13.2 Å². The Kier molecular flexibility index (Phi) is 4.93. The molecule has 5 nitrogen and oxygen atoms in total. The fourth-order valence-electron chi connectivity index (χ4n) is 1.90. The number of nitrogens with two attached hydrogens (primary N) is 1. The average molecular weight is 288 g/mol. The van der Waals surface area contributed by atoms with Crippen LogP contribution in [0.25, 0.3) is 0 Å². The van der Waals surface area contributed by atoms with E-state index in [2.05, 4.69) is 11.4 Å². The number of morpholine rings is 1. The van der Waals surface area contributed by atoms with E-state index in [9.17, 15) is 5.26 Å². The van der Waals surface area contributed by atoms with Crippen molar-refractivity contribution in [3.8, 4) is 6.07 Å². The SMILES string of the molecule is N#C/C(C(=S)Nc1ccccc1)=C(/N)N1CCOCC1. The largest absolute Gasteiger partial charge is 0.384 e. The number of thiocarbonyl (C=S) groups is 1. The van der Waals surface area contributed by atoms with Crippen LogP contribution in [0.15, 0.2) is 41.7 Å². The summed E-state index contributed by atoms with van der Waals surface area (Å²) in [5.74, 6) is 0.407. The van der Waals surface area contributed by atoms with Crippen molar-refractivity contribution in [2.24, 2.45) is 5.73 Å². The summed E-state index contributed by atoms with van der Waals surface area (Å²) in [6.45, 7) is 2.56. The number of nitrogens with zero attached hydrogens (tertiary/aromatic N) is 2. The lowest BCUT2D eigenvalue weighted by Gasteiger charge is -2.29. The number of benzene rings is 1. The van der Waals surface area contributed by atoms with Gasteiger partial charge in [0.1, 0.15) is 22.5 Å². The summed E-state index contributed by atoms with van der Waals surface area (Å²) < 4.78 is 5.27. The van der Waals surface area contributed by atoms with Gasteiger partial charge < -0.3 is 20.7 Å². The van der Waals surface area contributed by atoms with Gasteiger partial charge in [0, 0.05) is 18.8 Å². The quantitative estimate of drug-likeness (QED) is 0.498. The highest BCUT2D eigenvalue weighted by Gasteiger charge is 2.17. The Morgan fingerprint density at radius 3 is 2.55 bits per heavy atom. The minimum Gasteiger partial charge on any atom is -0.384 e. The second kappa shape index (κ2) is 6.89. The summed E-state index contributed by atoms with van der Waals surface area (Å²) in [6.07, 6.45) is 0. The standard InChI is InChI=1S/C14H16N4OS/c15-10-12(13(16)18-6-8-19-9-7-18)14(20)17-11-4-2-1-3-5-11/h1-5H,6-9,16H2,(H,17,20)/b13-12+. The molecule has 0 bridgehead atoms. The van der Waals surface area contributed by atoms with Crippen LogP contribution in [-0.2, 0) is 4.74 Å². The smallest absolute Gasteiger partial charge is 0.127 e. The number of rotatable bonds is 3. The first-order chi connectivity index (χ1) is 9.72. The Balaban J connectivity index is 2.14. The van der Waals surface area contributed by atoms with Gasteiger partial charge in [-0.25, -0.2) is 0 Å². The highest BCUT2D eigenvalue weighted by Crippen LogP contribution is 2.12. The monoisotopic (exact) mass is 288 g/mol. The zero-order valence-electron chi connectivity index (χ0n) is 11.0. The maximum absolute atomic E-state index is 9.30. The zero-order valence-corrected chi connectivity index (χ0v) is 11.8. The number of hydrogen-bond acceptors (Lipinski definition) is 5. The fraction of sp³-hybridized carbons (Fsp3) is 0.286. The van der Waals surface area contributed by atoms with Crippen molar-refractivity contribution >= 4 is 22.9 Å². The third kappa shape index (κ3) is 3.47. The molecule has 0 atom stereocenters. The van der Waals surface area contributed by atoms with Crippen LogP contribution in [0.1, 0.15) is 0 Å². The lowest BCUT2D eigenvalue weighted by atomic mass is 10.2. The van der Waals surface area contributed by atoms with Gasteiger partial charge in [-0.05, 0) is 12.1 Å². The van der Waals surface area contributed by atoms with Crippen LogP contribution in [0.3, 0.4) is 0 Å². The fourth-order valence-corrected chi connectivity index (χ4v) is 2.17. The van der Waals surface area contributed by atoms with E-state index in [4.69, 9.17) is 22.7 Å². The van der Waals surface area contributed by atoms with Gasteiger partial charge in [0.2, 0.25) is 0 Å². The zero-order chi connectivity index (χ0) is 14.4. The Morgan fingerprint density at radius 2 is 1.95 bits per heavy atom. The van der Waals surface area contributed by atoms with Gasteiger partial charge in [-0.1, -0.05) is 30.4 Å². The molecular formula is C14H16N4OS. The molecule has 0 spiro atoms. The molecule has 0 aliphatic carbocycles. The Bertz CT molecular complexity index is 544. The first kappa shape index (κ1) is 14.3. The molecule has 0 radical (unpaired) electrons. The van der Waals surface area contributed by atoms with Crippen molar-refractivity contribution < 1.29 is 4.74 Å². The normalized spacial score (nSPS) is 16.1. The van der Waals surface area contributed by atoms with Gasteiger partial charge in [-0.15, -0.1) is 0 Å². The Labute approximate surface area is 123 Å². The molecule has 1 aliphatic rings. The molecule has 0 saturated carbocycles. The molecule has 1 fully saturated rings. The second-order valence-electron chi connectivity index (χ2n) is 4.29. The minimum atomic E-state index is 0.297. The summed E-state index contributed by atoms with van der Waals surface area (Å²) in [5, 5.41) is 12.3. The molecule has 1 aromatic rings. The molecule has 0 aromatic heterocycles. The average Bonchev–Trinajstić information content (AvgIpc) is 2.49. The van der Waals surface area contributed by atoms with Crippen molar-refractivity contribution in [1.82, 2.24) is 4.90 Å². The molecule has 1 heterocycles. The lowest BCUT2D eigenvalue weighted by molar-refractivity contribution is 0.0528. The lowest BCUT2D eigenvalue weighted by Crippen LogP contribution is -2.40. The molecule has 0 unspecified atom stereocenters. The minimum absolute atomic E-state index is 0.297. The maximum atomic E-state index is 9.30. The van der Waals surface area contributed by atoms with Crippen molar-refractivity contribution in [1.29, 1.82) is 5.26 Å². The van der Waals surface area contributed by atoms with Crippen LogP contribution in [0.2, 0.25) is 0 Å². The molecule has 20 heavy (non-hydrogen) atoms. The summed E-state index contributed by atoms with van der Waals surface area (Å²) in [7, 11) is 0. The summed E-state index contributed by atoms with van der Waals surface area (Å²) >= 11 is 5.27. The predicted octanol–water partition coefficient (Wildman–Crippen LogP) is 1.45. The maximum Gasteiger partial charge on any atom is 0.127 e. The molecular weight excluding hydrogens is 272 g/mol. The Hall–Kier alpha value is -2.10. The Morgan fingerprint density at radius 1 is 1.30 bits per heavy atom. The molecule has 3 N–H and O–H groups in total. The van der Waals surface area contributed by atoms with Crippen LogP contribution in [0.4, 0.5) is 5.69 Å². The van der Waals surface area contributed by atoms with Crippen LogP contribution in [0, 0.1) is 11.3 Å². The first-order valence-corrected chi connectivity index (χ1v) is 6.72. The molecule has 1 saturated heterocycles. The second-order valence-corrected chi connectivity index (χ2v) is 4.70. The van der Waals surface area contributed by atoms with Crippen LogP contribution >= 0.6 is 12.2 Å². The van der Waals surface area contributed by atoms with Crippen molar-refractivity contribution in [2.75, 3.05) is 31.6 Å². The summed E-state index contributed by atoms with van der Waals surface area (Å²) in [5.41, 5.74) is 7.19. The van der Waals surface area contributed by atoms with Gasteiger partial charge in [-0.2, -0.15) is 5.26 Å². The van der Waals surface area contributed by atoms with Crippen molar-refractivity contribution in [3.63, 3.8) is 0 Å². The number of para-hydroxylation sites is 1. The van der Waals surface area contributed by atoms with E-state index < -0.39 is 0 Å². The van der Waals surface area contributed by atoms with Gasteiger partial charge in [0.25, 0.3) is 0 Å². The topological polar surface area (TPSA) is 74.3 Å². The highest BCUT2D eigenvalue weighted by atomic mass is 32.1. The van der Waals surface area contributed by atoms with Crippen molar-refractivity contribution in [2.45, 2.75) is 0 Å². The van der Waals surface area contributed by atoms with E-state index >= 15 is 0 Å². The van der Waals surface area contributed by atoms with E-state index in [1.54, 1.807) is 0 Å². The third-order valence-electron chi connectivity index (χ3n) is 2.98. The number of nitrogens with one attached hydrogen (secondary N) is 1. The molecule has 2 rings (SSSR count). The molecule has 6 heteroatoms. The molecule has 104 valence electrons. The summed E-state index contributed by atoms with van der Waals surface area (Å²) in [4.78, 5) is 2.25. The third-order valence-corrected chi connectivity index (χ3v) is 3.28. The molecule has 1 aromatic carbocycles. The van der Waals surface area contributed by atoms with Crippen LogP contribution in [0.5, 0.6) is 0 Å².